The molecule has 4 aromatic rings. The summed E-state index contributed by atoms with van der Waals surface area (Å²) in [4.78, 5) is 7.69. The summed E-state index contributed by atoms with van der Waals surface area (Å²) >= 11 is 0.0614. The summed E-state index contributed by atoms with van der Waals surface area (Å²) in [6.07, 6.45) is 1.78. The predicted octanol–water partition coefficient (Wildman–Crippen LogP) is 4.80. The van der Waals surface area contributed by atoms with Crippen molar-refractivity contribution >= 4 is 39.5 Å². The van der Waals surface area contributed by atoms with Gasteiger partial charge in [0.2, 0.25) is 0 Å². The molecule has 0 saturated carbocycles. The zero-order valence-electron chi connectivity index (χ0n) is 11.4. The van der Waals surface area contributed by atoms with Gasteiger partial charge in [-0.15, -0.1) is 0 Å². The van der Waals surface area contributed by atoms with Crippen molar-refractivity contribution in [3.63, 3.8) is 0 Å². The molecule has 0 saturated heterocycles. The molecule has 0 N–H and O–H groups in total. The summed E-state index contributed by atoms with van der Waals surface area (Å²) in [5.74, 6) is -0.444. The van der Waals surface area contributed by atoms with Crippen molar-refractivity contribution in [3.05, 3.63) is 72.0 Å². The normalized spacial score (nSPS) is 10.9. The number of aromatic nitrogens is 1. The van der Waals surface area contributed by atoms with Gasteiger partial charge >= 0.3 is 132 Å². The second-order valence-corrected chi connectivity index (χ2v) is 7.12. The van der Waals surface area contributed by atoms with E-state index in [0.29, 0.717) is 0 Å². The zero-order chi connectivity index (χ0) is 15.1. The van der Waals surface area contributed by atoms with Crippen LogP contribution in [0.25, 0.3) is 35.4 Å². The van der Waals surface area contributed by atoms with Crippen molar-refractivity contribution < 1.29 is 4.39 Å². The Morgan fingerprint density at radius 1 is 1.05 bits per heavy atom. The molecular weight excluding hydrogens is 342 g/mol. The Balaban J connectivity index is 2.10. The molecule has 0 spiro atoms. The van der Waals surface area contributed by atoms with E-state index in [1.54, 1.807) is 12.3 Å². The van der Waals surface area contributed by atoms with Crippen LogP contribution in [-0.2, 0) is 0 Å². The fraction of sp³-hybridized carbons (Fsp3) is 0. The fourth-order valence-electron chi connectivity index (χ4n) is 2.62. The summed E-state index contributed by atoms with van der Waals surface area (Å²) in [5, 5.41) is 1.98. The van der Waals surface area contributed by atoms with Crippen molar-refractivity contribution in [1.29, 1.82) is 0 Å². The molecule has 0 fully saturated rings. The first-order valence-corrected chi connectivity index (χ1v) is 8.43. The molecule has 0 amide bonds. The number of halogens is 1. The molecule has 0 aliphatic rings. The first kappa shape index (κ1) is 13.2. The third-order valence-electron chi connectivity index (χ3n) is 3.63. The number of hydrogen-bond donors (Lipinski definition) is 0. The van der Waals surface area contributed by atoms with Crippen LogP contribution in [0.15, 0.2) is 54.7 Å². The van der Waals surface area contributed by atoms with Gasteiger partial charge in [0.15, 0.2) is 0 Å². The summed E-state index contributed by atoms with van der Waals surface area (Å²) in [6.45, 7) is 7.07. The number of rotatable bonds is 1. The molecule has 2 nitrogen and oxygen atoms in total. The fourth-order valence-corrected chi connectivity index (χ4v) is 5.22. The van der Waals surface area contributed by atoms with Gasteiger partial charge < -0.3 is 0 Å². The Bertz CT molecular complexity index is 1050. The average molecular weight is 351 g/mol. The van der Waals surface area contributed by atoms with Crippen LogP contribution >= 0.6 is 0 Å². The summed E-state index contributed by atoms with van der Waals surface area (Å²) < 4.78 is 16.2. The molecule has 4 rings (SSSR count). The Hall–Kier alpha value is -2.47. The van der Waals surface area contributed by atoms with Crippen molar-refractivity contribution in [1.82, 2.24) is 4.98 Å². The number of hydrogen-bond acceptors (Lipinski definition) is 1. The van der Waals surface area contributed by atoms with E-state index in [4.69, 9.17) is 6.57 Å². The summed E-state index contributed by atoms with van der Waals surface area (Å²) in [5.41, 5.74) is 2.13. The monoisotopic (exact) mass is 352 g/mol. The van der Waals surface area contributed by atoms with Gasteiger partial charge in [0, 0.05) is 0 Å². The van der Waals surface area contributed by atoms with E-state index in [1.807, 2.05) is 30.3 Å². The molecule has 2 aromatic carbocycles. The third-order valence-corrected chi connectivity index (χ3v) is 6.15. The molecule has 2 heterocycles. The van der Waals surface area contributed by atoms with Crippen LogP contribution in [0.2, 0.25) is 0 Å². The van der Waals surface area contributed by atoms with E-state index in [9.17, 15) is 4.39 Å². The summed E-state index contributed by atoms with van der Waals surface area (Å²) in [6, 6.07) is 15.1. The van der Waals surface area contributed by atoms with Gasteiger partial charge in [-0.2, -0.15) is 0 Å². The van der Waals surface area contributed by atoms with Crippen molar-refractivity contribution in [2.24, 2.45) is 0 Å². The van der Waals surface area contributed by atoms with Gasteiger partial charge in [0.1, 0.15) is 0 Å². The Kier molecular flexibility index (Phi) is 3.04. The molecule has 104 valence electrons. The van der Waals surface area contributed by atoms with Gasteiger partial charge in [0.05, 0.1) is 0 Å². The third kappa shape index (κ3) is 1.95. The van der Waals surface area contributed by atoms with E-state index in [-0.39, 0.29) is 20.2 Å². The van der Waals surface area contributed by atoms with Gasteiger partial charge in [0.25, 0.3) is 0 Å². The molecule has 0 radical (unpaired) electrons. The zero-order valence-corrected chi connectivity index (χ0v) is 13.1. The molecule has 0 aliphatic carbocycles. The maximum atomic E-state index is 13.9. The molecule has 2 aromatic heterocycles. The van der Waals surface area contributed by atoms with E-state index in [1.165, 1.54) is 10.3 Å². The standard InChI is InChI=1S/C18H9FN2Se/c1-20-16-10-17-13(9-14(16)19)11-5-4-6-12(18(11)22-17)15-7-2-3-8-21-15/h2-10H. The van der Waals surface area contributed by atoms with E-state index >= 15 is 0 Å². The second kappa shape index (κ2) is 5.06. The molecular formula is C18H9FN2Se. The first-order chi connectivity index (χ1) is 10.8. The Morgan fingerprint density at radius 3 is 2.73 bits per heavy atom. The topological polar surface area (TPSA) is 17.2 Å². The van der Waals surface area contributed by atoms with Crippen LogP contribution in [0.5, 0.6) is 0 Å². The molecule has 4 heteroatoms. The predicted molar refractivity (Wildman–Crippen MR) is 87.8 cm³/mol. The number of fused-ring (bicyclic) bond motifs is 3. The van der Waals surface area contributed by atoms with Crippen LogP contribution in [0.1, 0.15) is 0 Å². The minimum absolute atomic E-state index is 0.0614. The van der Waals surface area contributed by atoms with Crippen molar-refractivity contribution in [2.75, 3.05) is 0 Å². The van der Waals surface area contributed by atoms with Crippen molar-refractivity contribution in [2.45, 2.75) is 0 Å². The van der Waals surface area contributed by atoms with Crippen LogP contribution in [-0.4, -0.2) is 19.5 Å². The maximum absolute atomic E-state index is 13.9. The Labute approximate surface area is 132 Å². The average Bonchev–Trinajstić information content (AvgIpc) is 2.92. The van der Waals surface area contributed by atoms with Crippen LogP contribution in [0.3, 0.4) is 0 Å². The molecule has 0 aliphatic heterocycles. The van der Waals surface area contributed by atoms with E-state index in [0.717, 1.165) is 26.3 Å². The minimum atomic E-state index is -0.444. The van der Waals surface area contributed by atoms with Gasteiger partial charge in [-0.25, -0.2) is 0 Å². The van der Waals surface area contributed by atoms with E-state index < -0.39 is 5.82 Å². The van der Waals surface area contributed by atoms with Gasteiger partial charge in [-0.05, 0) is 0 Å². The molecule has 0 atom stereocenters. The Morgan fingerprint density at radius 2 is 1.95 bits per heavy atom. The number of pyridine rings is 1. The van der Waals surface area contributed by atoms with Crippen LogP contribution < -0.4 is 0 Å². The van der Waals surface area contributed by atoms with Gasteiger partial charge in [-0.1, -0.05) is 0 Å². The molecule has 0 bridgehead atoms. The number of nitrogens with zero attached hydrogens (tertiary/aromatic N) is 2. The van der Waals surface area contributed by atoms with E-state index in [2.05, 4.69) is 15.9 Å². The SMILES string of the molecule is [C-]#[N+]c1cc2[se]c3c(-c4ccccn4)cccc3c2cc1F. The quantitative estimate of drug-likeness (QED) is 0.356. The van der Waals surface area contributed by atoms with Crippen LogP contribution in [0, 0.1) is 12.4 Å². The number of benzene rings is 2. The van der Waals surface area contributed by atoms with Crippen molar-refractivity contribution in [3.8, 4) is 11.3 Å². The summed E-state index contributed by atoms with van der Waals surface area (Å²) in [7, 11) is 0. The molecule has 22 heavy (non-hydrogen) atoms. The van der Waals surface area contributed by atoms with Gasteiger partial charge in [-0.3, -0.25) is 0 Å². The first-order valence-electron chi connectivity index (χ1n) is 6.71. The second-order valence-electron chi connectivity index (χ2n) is 4.91. The van der Waals surface area contributed by atoms with Crippen LogP contribution in [0.4, 0.5) is 10.1 Å². The molecule has 0 unspecified atom stereocenters.